The molecule has 0 amide bonds. The molecule has 1 N–H and O–H groups in total. The lowest BCUT2D eigenvalue weighted by Crippen LogP contribution is -2.39. The van der Waals surface area contributed by atoms with Crippen LogP contribution < -0.4 is 29.0 Å². The van der Waals surface area contributed by atoms with Gasteiger partial charge in [-0.3, -0.25) is 4.79 Å². The summed E-state index contributed by atoms with van der Waals surface area (Å²) in [5, 5.41) is 3.38. The number of carbonyl (C=O) groups excluding carboxylic acids is 1. The molecule has 0 radical (unpaired) electrons. The van der Waals surface area contributed by atoms with Gasteiger partial charge in [0, 0.05) is 17.9 Å². The average Bonchev–Trinajstić information content (AvgIpc) is 3.41. The Bertz CT molecular complexity index is 1010. The average molecular weight is 427 g/mol. The monoisotopic (exact) mass is 427 g/mol. The molecule has 8 nitrogen and oxygen atoms in total. The lowest BCUT2D eigenvalue weighted by Gasteiger charge is -2.39. The smallest absolute Gasteiger partial charge is 0.310 e. The van der Waals surface area contributed by atoms with Crippen LogP contribution in [-0.2, 0) is 9.53 Å². The van der Waals surface area contributed by atoms with Crippen LogP contribution in [0, 0.1) is 11.8 Å². The van der Waals surface area contributed by atoms with Crippen molar-refractivity contribution in [1.82, 2.24) is 5.32 Å². The maximum Gasteiger partial charge on any atom is 0.310 e. The van der Waals surface area contributed by atoms with Gasteiger partial charge in [0.2, 0.25) is 12.5 Å². The molecular weight excluding hydrogens is 402 g/mol. The first-order valence-electron chi connectivity index (χ1n) is 10.2. The van der Waals surface area contributed by atoms with Gasteiger partial charge in [-0.25, -0.2) is 0 Å². The number of hydrogen-bond donors (Lipinski definition) is 1. The van der Waals surface area contributed by atoms with Gasteiger partial charge in [0.25, 0.3) is 0 Å². The van der Waals surface area contributed by atoms with Crippen molar-refractivity contribution in [3.63, 3.8) is 0 Å². The number of rotatable bonds is 5. The zero-order chi connectivity index (χ0) is 21.7. The van der Waals surface area contributed by atoms with Crippen molar-refractivity contribution in [2.75, 3.05) is 41.8 Å². The highest BCUT2D eigenvalue weighted by atomic mass is 16.7. The summed E-state index contributed by atoms with van der Waals surface area (Å²) in [6.45, 7) is 0.552. The van der Waals surface area contributed by atoms with E-state index < -0.39 is 0 Å². The number of esters is 1. The molecule has 2 aromatic carbocycles. The number of fused-ring (bicyclic) bond motifs is 3. The zero-order valence-corrected chi connectivity index (χ0v) is 17.9. The van der Waals surface area contributed by atoms with Gasteiger partial charge in [-0.05, 0) is 48.0 Å². The molecule has 0 saturated carbocycles. The van der Waals surface area contributed by atoms with E-state index in [1.807, 2.05) is 31.3 Å². The first-order chi connectivity index (χ1) is 15.1. The molecule has 0 bridgehead atoms. The van der Waals surface area contributed by atoms with Crippen LogP contribution in [-0.4, -0.2) is 47.7 Å². The third-order valence-electron chi connectivity index (χ3n) is 6.54. The SMILES string of the molecule is CN[C@@H]1c2cc3c(cc2[C@@H](c2cc(OC)c(OC)c(OC)c2)[C@H]2C(=O)OC[C@@H]21)OCO3. The molecule has 2 heterocycles. The third kappa shape index (κ3) is 2.89. The number of methoxy groups -OCH3 is 3. The van der Waals surface area contributed by atoms with Crippen LogP contribution in [0.4, 0.5) is 0 Å². The fraction of sp³-hybridized carbons (Fsp3) is 0.435. The Balaban J connectivity index is 1.75. The van der Waals surface area contributed by atoms with Crippen molar-refractivity contribution < 1.29 is 33.2 Å². The van der Waals surface area contributed by atoms with E-state index in [0.29, 0.717) is 35.4 Å². The van der Waals surface area contributed by atoms with Crippen LogP contribution in [0.15, 0.2) is 24.3 Å². The molecule has 31 heavy (non-hydrogen) atoms. The lowest BCUT2D eigenvalue weighted by atomic mass is 9.65. The van der Waals surface area contributed by atoms with E-state index in [0.717, 1.165) is 16.7 Å². The van der Waals surface area contributed by atoms with E-state index in [1.165, 1.54) is 0 Å². The van der Waals surface area contributed by atoms with Crippen molar-refractivity contribution in [2.45, 2.75) is 12.0 Å². The van der Waals surface area contributed by atoms with Gasteiger partial charge in [-0.2, -0.15) is 0 Å². The number of hydrogen-bond acceptors (Lipinski definition) is 8. The van der Waals surface area contributed by atoms with Crippen molar-refractivity contribution in [2.24, 2.45) is 11.8 Å². The Kier molecular flexibility index (Phi) is 4.81. The van der Waals surface area contributed by atoms with E-state index in [4.69, 9.17) is 28.4 Å². The van der Waals surface area contributed by atoms with Gasteiger partial charge in [-0.15, -0.1) is 0 Å². The molecule has 1 aliphatic carbocycles. The van der Waals surface area contributed by atoms with Gasteiger partial charge in [0.1, 0.15) is 0 Å². The molecular formula is C23H25NO7. The fourth-order valence-electron chi connectivity index (χ4n) is 5.21. The second-order valence-corrected chi connectivity index (χ2v) is 7.86. The van der Waals surface area contributed by atoms with Crippen molar-refractivity contribution in [3.8, 4) is 28.7 Å². The summed E-state index contributed by atoms with van der Waals surface area (Å²) in [5.41, 5.74) is 2.96. The van der Waals surface area contributed by atoms with Crippen molar-refractivity contribution >= 4 is 5.97 Å². The molecule has 1 saturated heterocycles. The molecule has 0 unspecified atom stereocenters. The van der Waals surface area contributed by atoms with Crippen LogP contribution in [0.5, 0.6) is 28.7 Å². The van der Waals surface area contributed by atoms with E-state index in [1.54, 1.807) is 21.3 Å². The van der Waals surface area contributed by atoms with Gasteiger partial charge in [0.05, 0.1) is 33.9 Å². The topological polar surface area (TPSA) is 84.5 Å². The fourth-order valence-corrected chi connectivity index (χ4v) is 5.21. The Hall–Kier alpha value is -3.13. The number of ether oxygens (including phenoxy) is 6. The first-order valence-corrected chi connectivity index (χ1v) is 10.2. The maximum atomic E-state index is 12.9. The molecule has 2 aromatic rings. The van der Waals surface area contributed by atoms with Gasteiger partial charge >= 0.3 is 5.97 Å². The Morgan fingerprint density at radius 2 is 1.55 bits per heavy atom. The lowest BCUT2D eigenvalue weighted by molar-refractivity contribution is -0.141. The van der Waals surface area contributed by atoms with Crippen LogP contribution in [0.25, 0.3) is 0 Å². The molecule has 5 rings (SSSR count). The predicted octanol–water partition coefficient (Wildman–Crippen LogP) is 2.64. The van der Waals surface area contributed by atoms with E-state index in [2.05, 4.69) is 5.32 Å². The summed E-state index contributed by atoms with van der Waals surface area (Å²) >= 11 is 0. The van der Waals surface area contributed by atoms with Gasteiger partial charge in [-0.1, -0.05) is 0 Å². The molecule has 2 aliphatic heterocycles. The van der Waals surface area contributed by atoms with Crippen LogP contribution >= 0.6 is 0 Å². The predicted molar refractivity (Wildman–Crippen MR) is 110 cm³/mol. The van der Waals surface area contributed by atoms with Crippen LogP contribution in [0.1, 0.15) is 28.7 Å². The second-order valence-electron chi connectivity index (χ2n) is 7.86. The molecule has 3 aliphatic rings. The quantitative estimate of drug-likeness (QED) is 0.729. The highest BCUT2D eigenvalue weighted by Gasteiger charge is 2.52. The highest BCUT2D eigenvalue weighted by Crippen LogP contribution is 2.55. The minimum Gasteiger partial charge on any atom is -0.493 e. The first kappa shape index (κ1) is 19.8. The zero-order valence-electron chi connectivity index (χ0n) is 17.9. The second kappa shape index (κ2) is 7.53. The Morgan fingerprint density at radius 1 is 0.903 bits per heavy atom. The number of carbonyl (C=O) groups is 1. The molecule has 8 heteroatoms. The Labute approximate surface area is 180 Å². The van der Waals surface area contributed by atoms with Crippen LogP contribution in [0.2, 0.25) is 0 Å². The highest BCUT2D eigenvalue weighted by molar-refractivity contribution is 5.79. The molecule has 1 fully saturated rings. The standard InChI is InChI=1S/C23H25NO7/c1-24-21-13-8-16-15(30-10-31-16)7-12(13)19(20-14(21)9-29-23(20)25)11-5-17(26-2)22(28-4)18(6-11)27-3/h5-8,14,19-21,24H,9-10H2,1-4H3/t14-,19+,20-,21+/m0/s1. The summed E-state index contributed by atoms with van der Waals surface area (Å²) in [5.74, 6) is 2.14. The number of cyclic esters (lactones) is 1. The maximum absolute atomic E-state index is 12.9. The normalized spacial score (nSPS) is 25.5. The number of benzene rings is 2. The van der Waals surface area contributed by atoms with Crippen LogP contribution in [0.3, 0.4) is 0 Å². The van der Waals surface area contributed by atoms with Gasteiger partial charge < -0.3 is 33.7 Å². The summed E-state index contributed by atoms with van der Waals surface area (Å²) in [6.07, 6.45) is 0. The van der Waals surface area contributed by atoms with Gasteiger partial charge in [0.15, 0.2) is 23.0 Å². The molecule has 4 atom stereocenters. The van der Waals surface area contributed by atoms with Crippen molar-refractivity contribution in [1.29, 1.82) is 0 Å². The van der Waals surface area contributed by atoms with E-state index in [9.17, 15) is 4.79 Å². The summed E-state index contributed by atoms with van der Waals surface area (Å²) in [6, 6.07) is 7.77. The Morgan fingerprint density at radius 3 is 2.13 bits per heavy atom. The summed E-state index contributed by atoms with van der Waals surface area (Å²) in [7, 11) is 6.63. The summed E-state index contributed by atoms with van der Waals surface area (Å²) in [4.78, 5) is 12.9. The van der Waals surface area contributed by atoms with Crippen molar-refractivity contribution in [3.05, 3.63) is 41.0 Å². The summed E-state index contributed by atoms with van der Waals surface area (Å²) < 4.78 is 33.5. The molecule has 0 aromatic heterocycles. The number of nitrogens with one attached hydrogen (secondary N) is 1. The largest absolute Gasteiger partial charge is 0.493 e. The molecule has 164 valence electrons. The van der Waals surface area contributed by atoms with E-state index >= 15 is 0 Å². The van der Waals surface area contributed by atoms with E-state index in [-0.39, 0.29) is 36.6 Å². The minimum absolute atomic E-state index is 0.0190. The molecule has 0 spiro atoms. The third-order valence-corrected chi connectivity index (χ3v) is 6.54. The minimum atomic E-state index is -0.354.